The zero-order valence-corrected chi connectivity index (χ0v) is 11.5. The van der Waals surface area contributed by atoms with Crippen LogP contribution in [0, 0.1) is 11.7 Å². The van der Waals surface area contributed by atoms with Crippen LogP contribution in [0.1, 0.15) is 18.5 Å². The molecule has 1 heterocycles. The lowest BCUT2D eigenvalue weighted by molar-refractivity contribution is -0.139. The Morgan fingerprint density at radius 3 is 2.48 bits per heavy atom. The van der Waals surface area contributed by atoms with Crippen LogP contribution in [0.15, 0.2) is 24.3 Å². The predicted octanol–water partition coefficient (Wildman–Crippen LogP) is -0.0214. The Morgan fingerprint density at radius 2 is 1.95 bits per heavy atom. The molecule has 7 heteroatoms. The fraction of sp³-hybridized carbons (Fsp3) is 0.357. The van der Waals surface area contributed by atoms with Crippen LogP contribution in [0.25, 0.3) is 0 Å². The molecule has 1 aliphatic heterocycles. The van der Waals surface area contributed by atoms with Crippen molar-refractivity contribution < 1.29 is 23.9 Å². The second-order valence-electron chi connectivity index (χ2n) is 4.91. The molecule has 3 amide bonds. The maximum absolute atomic E-state index is 13.6. The number of likely N-dealkylation sites (tertiary alicyclic amines) is 1. The van der Waals surface area contributed by atoms with Crippen LogP contribution in [-0.2, 0) is 14.4 Å². The van der Waals surface area contributed by atoms with Gasteiger partial charge in [0, 0.05) is 12.6 Å². The van der Waals surface area contributed by atoms with E-state index in [0.717, 1.165) is 0 Å². The Morgan fingerprint density at radius 1 is 1.33 bits per heavy atom. The van der Waals surface area contributed by atoms with Gasteiger partial charge in [-0.1, -0.05) is 18.2 Å². The number of nitrogens with zero attached hydrogens (tertiary/aromatic N) is 1. The molecule has 1 aliphatic rings. The van der Waals surface area contributed by atoms with Crippen molar-refractivity contribution in [1.29, 1.82) is 0 Å². The van der Waals surface area contributed by atoms with Gasteiger partial charge in [-0.15, -0.1) is 0 Å². The van der Waals surface area contributed by atoms with Gasteiger partial charge in [0.05, 0.1) is 6.04 Å². The second-order valence-corrected chi connectivity index (χ2v) is 4.91. The summed E-state index contributed by atoms with van der Waals surface area (Å²) in [7, 11) is 1.20. The summed E-state index contributed by atoms with van der Waals surface area (Å²) >= 11 is 0. The third kappa shape index (κ3) is 2.64. The lowest BCUT2D eigenvalue weighted by Gasteiger charge is -2.18. The first-order chi connectivity index (χ1) is 9.84. The van der Waals surface area contributed by atoms with Gasteiger partial charge in [0.1, 0.15) is 5.82 Å². The molecule has 2 N–H and O–H groups in total. The summed E-state index contributed by atoms with van der Waals surface area (Å²) in [6.45, 7) is 1.55. The van der Waals surface area contributed by atoms with Gasteiger partial charge in [-0.05, 0) is 13.0 Å². The van der Waals surface area contributed by atoms with Gasteiger partial charge in [0.15, 0.2) is 12.0 Å². The minimum absolute atomic E-state index is 0.255. The molecule has 1 saturated heterocycles. The van der Waals surface area contributed by atoms with E-state index in [4.69, 9.17) is 0 Å². The van der Waals surface area contributed by atoms with E-state index >= 15 is 0 Å². The maximum atomic E-state index is 13.6. The average Bonchev–Trinajstić information content (AvgIpc) is 2.63. The fourth-order valence-electron chi connectivity index (χ4n) is 2.26. The van der Waals surface area contributed by atoms with Crippen LogP contribution in [0.3, 0.4) is 0 Å². The van der Waals surface area contributed by atoms with E-state index in [1.54, 1.807) is 13.0 Å². The Labute approximate surface area is 120 Å². The Balaban J connectivity index is 2.14. The number of aliphatic hydroxyl groups is 1. The summed E-state index contributed by atoms with van der Waals surface area (Å²) in [6, 6.07) is 5.20. The van der Waals surface area contributed by atoms with E-state index in [9.17, 15) is 23.9 Å². The molecule has 2 rings (SSSR count). The van der Waals surface area contributed by atoms with Crippen LogP contribution < -0.4 is 5.32 Å². The normalized spacial score (nSPS) is 23.3. The van der Waals surface area contributed by atoms with Gasteiger partial charge in [-0.2, -0.15) is 0 Å². The summed E-state index contributed by atoms with van der Waals surface area (Å²) in [6.07, 6.45) is -1.70. The largest absolute Gasteiger partial charge is 0.382 e. The first-order valence-electron chi connectivity index (χ1n) is 6.39. The number of carbonyl (C=O) groups excluding carboxylic acids is 3. The van der Waals surface area contributed by atoms with E-state index in [-0.39, 0.29) is 5.56 Å². The van der Waals surface area contributed by atoms with Crippen molar-refractivity contribution in [2.45, 2.75) is 19.1 Å². The first kappa shape index (κ1) is 15.1. The number of aliphatic hydroxyl groups excluding tert-OH is 1. The number of benzene rings is 1. The molecule has 0 bridgehead atoms. The maximum Gasteiger partial charge on any atom is 0.259 e. The summed E-state index contributed by atoms with van der Waals surface area (Å²) in [4.78, 5) is 36.0. The Hall–Kier alpha value is -2.28. The zero-order chi connectivity index (χ0) is 15.7. The first-order valence-corrected chi connectivity index (χ1v) is 6.39. The predicted molar refractivity (Wildman–Crippen MR) is 70.2 cm³/mol. The van der Waals surface area contributed by atoms with Crippen molar-refractivity contribution >= 4 is 17.7 Å². The molecule has 0 aliphatic carbocycles. The molecule has 0 spiro atoms. The Bertz CT molecular complexity index is 604. The highest BCUT2D eigenvalue weighted by atomic mass is 19.1. The number of halogens is 1. The van der Waals surface area contributed by atoms with Crippen molar-refractivity contribution in [3.05, 3.63) is 35.6 Å². The van der Waals surface area contributed by atoms with E-state index in [0.29, 0.717) is 4.90 Å². The quantitative estimate of drug-likeness (QED) is 0.606. The minimum atomic E-state index is -1.70. The van der Waals surface area contributed by atoms with Crippen LogP contribution in [0.5, 0.6) is 0 Å². The van der Waals surface area contributed by atoms with E-state index in [1.807, 2.05) is 0 Å². The van der Waals surface area contributed by atoms with Crippen molar-refractivity contribution in [1.82, 2.24) is 10.2 Å². The van der Waals surface area contributed by atoms with Gasteiger partial charge in [0.2, 0.25) is 11.8 Å². The molecular weight excluding hydrogens is 279 g/mol. The minimum Gasteiger partial charge on any atom is -0.382 e. The van der Waals surface area contributed by atoms with Crippen molar-refractivity contribution in [3.63, 3.8) is 0 Å². The molecular formula is C14H15FN2O4. The Kier molecular flexibility index (Phi) is 4.04. The van der Waals surface area contributed by atoms with E-state index in [2.05, 4.69) is 5.32 Å². The summed E-state index contributed by atoms with van der Waals surface area (Å²) in [5.41, 5.74) is 0.255. The lowest BCUT2D eigenvalue weighted by Crippen LogP contribution is -2.41. The number of hydrogen-bond acceptors (Lipinski definition) is 4. The monoisotopic (exact) mass is 294 g/mol. The fourth-order valence-corrected chi connectivity index (χ4v) is 2.26. The molecule has 1 aromatic rings. The topological polar surface area (TPSA) is 86.7 Å². The highest BCUT2D eigenvalue weighted by Gasteiger charge is 2.49. The zero-order valence-electron chi connectivity index (χ0n) is 11.5. The summed E-state index contributed by atoms with van der Waals surface area (Å²) in [5, 5.41) is 12.1. The third-order valence-corrected chi connectivity index (χ3v) is 3.51. The molecule has 0 aromatic heterocycles. The standard InChI is InChI=1S/C14H15FN2O4/c1-7(8-5-3-4-6-9(8)15)16-12(19)10-11(18)14(21)17(2)13(10)20/h3-7,10-11,18H,1-2H3,(H,16,19). The molecule has 0 radical (unpaired) electrons. The van der Waals surface area contributed by atoms with Gasteiger partial charge < -0.3 is 10.4 Å². The molecule has 0 saturated carbocycles. The third-order valence-electron chi connectivity index (χ3n) is 3.51. The molecule has 1 aromatic carbocycles. The number of imide groups is 1. The second kappa shape index (κ2) is 5.61. The van der Waals surface area contributed by atoms with E-state index < -0.39 is 41.6 Å². The molecule has 21 heavy (non-hydrogen) atoms. The van der Waals surface area contributed by atoms with Gasteiger partial charge in [0.25, 0.3) is 5.91 Å². The average molecular weight is 294 g/mol. The molecule has 112 valence electrons. The van der Waals surface area contributed by atoms with Crippen molar-refractivity contribution in [2.24, 2.45) is 5.92 Å². The molecule has 6 nitrogen and oxygen atoms in total. The van der Waals surface area contributed by atoms with Gasteiger partial charge in [-0.3, -0.25) is 19.3 Å². The van der Waals surface area contributed by atoms with E-state index in [1.165, 1.54) is 25.2 Å². The molecule has 3 unspecified atom stereocenters. The number of amides is 3. The number of likely N-dealkylation sites (N-methyl/N-ethyl adjacent to an activating group) is 1. The van der Waals surface area contributed by atoms with Crippen LogP contribution in [0.2, 0.25) is 0 Å². The molecule has 3 atom stereocenters. The van der Waals surface area contributed by atoms with Gasteiger partial charge in [-0.25, -0.2) is 4.39 Å². The number of nitrogens with one attached hydrogen (secondary N) is 1. The number of rotatable bonds is 3. The highest BCUT2D eigenvalue weighted by Crippen LogP contribution is 2.21. The van der Waals surface area contributed by atoms with Gasteiger partial charge >= 0.3 is 0 Å². The summed E-state index contributed by atoms with van der Waals surface area (Å²) in [5.74, 6) is -4.38. The highest BCUT2D eigenvalue weighted by molar-refractivity contribution is 6.15. The van der Waals surface area contributed by atoms with Crippen LogP contribution in [0.4, 0.5) is 4.39 Å². The van der Waals surface area contributed by atoms with Crippen LogP contribution in [-0.4, -0.2) is 40.9 Å². The SMILES string of the molecule is CC(NC(=O)C1C(=O)N(C)C(=O)C1O)c1ccccc1F. The summed E-state index contributed by atoms with van der Waals surface area (Å²) < 4.78 is 13.6. The van der Waals surface area contributed by atoms with Crippen molar-refractivity contribution in [3.8, 4) is 0 Å². The number of hydrogen-bond donors (Lipinski definition) is 2. The number of carbonyl (C=O) groups is 3. The van der Waals surface area contributed by atoms with Crippen LogP contribution >= 0.6 is 0 Å². The van der Waals surface area contributed by atoms with Crippen molar-refractivity contribution in [2.75, 3.05) is 7.05 Å². The lowest BCUT2D eigenvalue weighted by atomic mass is 10.0. The molecule has 1 fully saturated rings. The smallest absolute Gasteiger partial charge is 0.259 e.